The molecule has 0 amide bonds. The third kappa shape index (κ3) is 2.56. The van der Waals surface area contributed by atoms with E-state index in [0.29, 0.717) is 23.1 Å². The summed E-state index contributed by atoms with van der Waals surface area (Å²) in [5, 5.41) is 20.4. The van der Waals surface area contributed by atoms with Gasteiger partial charge in [0.05, 0.1) is 4.92 Å². The van der Waals surface area contributed by atoms with E-state index >= 15 is 0 Å². The first-order valence-corrected chi connectivity index (χ1v) is 6.64. The van der Waals surface area contributed by atoms with E-state index in [1.54, 1.807) is 17.0 Å². The smallest absolute Gasteiger partial charge is 0.326 e. The van der Waals surface area contributed by atoms with Crippen molar-refractivity contribution in [2.45, 2.75) is 19.4 Å². The molecule has 102 valence electrons. The normalized spacial score (nSPS) is 22.5. The Balaban J connectivity index is 2.48. The van der Waals surface area contributed by atoms with Crippen LogP contribution in [0.1, 0.15) is 13.3 Å². The molecule has 0 bridgehead atoms. The van der Waals surface area contributed by atoms with Gasteiger partial charge in [-0.15, -0.1) is 0 Å². The molecule has 0 aromatic heterocycles. The summed E-state index contributed by atoms with van der Waals surface area (Å²) < 4.78 is 0.691. The Morgan fingerprint density at radius 2 is 2.26 bits per heavy atom. The first-order chi connectivity index (χ1) is 8.91. The number of carboxylic acid groups (broad SMARTS) is 1. The number of nitrogens with zero attached hydrogens (tertiary/aromatic N) is 2. The summed E-state index contributed by atoms with van der Waals surface area (Å²) in [7, 11) is 0. The molecule has 1 aromatic rings. The molecule has 0 radical (unpaired) electrons. The van der Waals surface area contributed by atoms with Gasteiger partial charge in [-0.25, -0.2) is 4.79 Å². The Morgan fingerprint density at radius 1 is 1.58 bits per heavy atom. The van der Waals surface area contributed by atoms with Gasteiger partial charge in [0.15, 0.2) is 0 Å². The number of benzene rings is 1. The lowest BCUT2D eigenvalue weighted by Gasteiger charge is -2.25. The van der Waals surface area contributed by atoms with Crippen molar-refractivity contribution in [2.24, 2.45) is 5.92 Å². The molecular weight excluding hydrogens is 316 g/mol. The van der Waals surface area contributed by atoms with Crippen molar-refractivity contribution in [3.63, 3.8) is 0 Å². The van der Waals surface area contributed by atoms with Crippen LogP contribution in [0.2, 0.25) is 0 Å². The molecule has 0 aliphatic carbocycles. The predicted molar refractivity (Wildman–Crippen MR) is 73.3 cm³/mol. The van der Waals surface area contributed by atoms with Gasteiger partial charge in [0.25, 0.3) is 5.69 Å². The second-order valence-electron chi connectivity index (χ2n) is 4.63. The maximum absolute atomic E-state index is 11.3. The molecule has 2 atom stereocenters. The number of nitro groups is 1. The molecular formula is C12H13BrN2O4. The maximum Gasteiger partial charge on any atom is 0.326 e. The minimum Gasteiger partial charge on any atom is -0.480 e. The standard InChI is InChI=1S/C12H13BrN2O4/c1-7-4-5-14(11(7)12(16)17)10-6-8(13)2-3-9(10)15(18)19/h2-3,6-7,11H,4-5H2,1H3,(H,16,17). The van der Waals surface area contributed by atoms with Crippen LogP contribution < -0.4 is 4.90 Å². The van der Waals surface area contributed by atoms with Crippen LogP contribution in [-0.4, -0.2) is 28.6 Å². The number of halogens is 1. The highest BCUT2D eigenvalue weighted by Crippen LogP contribution is 2.37. The minimum absolute atomic E-state index is 0.0314. The first kappa shape index (κ1) is 13.8. The van der Waals surface area contributed by atoms with E-state index in [1.807, 2.05) is 6.92 Å². The predicted octanol–water partition coefficient (Wildman–Crippen LogP) is 2.66. The Kier molecular flexibility index (Phi) is 3.75. The molecule has 0 saturated carbocycles. The van der Waals surface area contributed by atoms with E-state index in [0.717, 1.165) is 0 Å². The molecule has 6 nitrogen and oxygen atoms in total. The van der Waals surface area contributed by atoms with Gasteiger partial charge in [-0.2, -0.15) is 0 Å². The second-order valence-corrected chi connectivity index (χ2v) is 5.55. The van der Waals surface area contributed by atoms with Gasteiger partial charge >= 0.3 is 5.97 Å². The van der Waals surface area contributed by atoms with E-state index < -0.39 is 16.9 Å². The minimum atomic E-state index is -0.945. The van der Waals surface area contributed by atoms with Gasteiger partial charge < -0.3 is 10.0 Å². The molecule has 0 spiro atoms. The highest BCUT2D eigenvalue weighted by atomic mass is 79.9. The summed E-state index contributed by atoms with van der Waals surface area (Å²) in [6.07, 6.45) is 0.709. The lowest BCUT2D eigenvalue weighted by atomic mass is 10.0. The molecule has 19 heavy (non-hydrogen) atoms. The molecule has 1 fully saturated rings. The Hall–Kier alpha value is -1.63. The molecule has 1 aliphatic rings. The van der Waals surface area contributed by atoms with E-state index in [1.165, 1.54) is 6.07 Å². The van der Waals surface area contributed by atoms with Crippen molar-refractivity contribution >= 4 is 33.3 Å². The first-order valence-electron chi connectivity index (χ1n) is 5.85. The summed E-state index contributed by atoms with van der Waals surface area (Å²) in [5.41, 5.74) is 0.291. The topological polar surface area (TPSA) is 83.7 Å². The van der Waals surface area contributed by atoms with Crippen LogP contribution in [-0.2, 0) is 4.79 Å². The second kappa shape index (κ2) is 5.16. The highest BCUT2D eigenvalue weighted by molar-refractivity contribution is 9.10. The summed E-state index contributed by atoms with van der Waals surface area (Å²) in [6, 6.07) is 3.86. The summed E-state index contributed by atoms with van der Waals surface area (Å²) >= 11 is 3.27. The third-order valence-corrected chi connectivity index (χ3v) is 3.89. The molecule has 1 N–H and O–H groups in total. The largest absolute Gasteiger partial charge is 0.480 e. The van der Waals surface area contributed by atoms with Crippen molar-refractivity contribution in [2.75, 3.05) is 11.4 Å². The zero-order valence-electron chi connectivity index (χ0n) is 10.2. The molecule has 2 rings (SSSR count). The summed E-state index contributed by atoms with van der Waals surface area (Å²) in [4.78, 5) is 23.5. The van der Waals surface area contributed by atoms with Crippen molar-refractivity contribution in [3.8, 4) is 0 Å². The lowest BCUT2D eigenvalue weighted by Crippen LogP contribution is -2.39. The van der Waals surface area contributed by atoms with E-state index in [4.69, 9.17) is 0 Å². The van der Waals surface area contributed by atoms with Gasteiger partial charge in [0, 0.05) is 17.1 Å². The zero-order chi connectivity index (χ0) is 14.2. The van der Waals surface area contributed by atoms with E-state index in [9.17, 15) is 20.0 Å². The van der Waals surface area contributed by atoms with Crippen LogP contribution in [0.5, 0.6) is 0 Å². The zero-order valence-corrected chi connectivity index (χ0v) is 11.8. The molecule has 1 heterocycles. The fourth-order valence-corrected chi connectivity index (χ4v) is 2.82. The molecule has 2 unspecified atom stereocenters. The number of carboxylic acids is 1. The van der Waals surface area contributed by atoms with E-state index in [-0.39, 0.29) is 11.6 Å². The van der Waals surface area contributed by atoms with Crippen LogP contribution in [0.4, 0.5) is 11.4 Å². The Morgan fingerprint density at radius 3 is 2.84 bits per heavy atom. The van der Waals surface area contributed by atoms with Crippen molar-refractivity contribution < 1.29 is 14.8 Å². The number of carbonyl (C=O) groups is 1. The fraction of sp³-hybridized carbons (Fsp3) is 0.417. The average Bonchev–Trinajstić information content (AvgIpc) is 2.70. The third-order valence-electron chi connectivity index (χ3n) is 3.40. The van der Waals surface area contributed by atoms with Crippen molar-refractivity contribution in [1.29, 1.82) is 0 Å². The fourth-order valence-electron chi connectivity index (χ4n) is 2.47. The average molecular weight is 329 g/mol. The van der Waals surface area contributed by atoms with Gasteiger partial charge in [-0.3, -0.25) is 10.1 Å². The van der Waals surface area contributed by atoms with Crippen molar-refractivity contribution in [1.82, 2.24) is 0 Å². The van der Waals surface area contributed by atoms with Crippen LogP contribution in [0, 0.1) is 16.0 Å². The van der Waals surface area contributed by atoms with Gasteiger partial charge in [-0.05, 0) is 24.5 Å². The lowest BCUT2D eigenvalue weighted by molar-refractivity contribution is -0.384. The van der Waals surface area contributed by atoms with Gasteiger partial charge in [0.1, 0.15) is 11.7 Å². The number of hydrogen-bond acceptors (Lipinski definition) is 4. The van der Waals surface area contributed by atoms with Crippen LogP contribution in [0.25, 0.3) is 0 Å². The van der Waals surface area contributed by atoms with E-state index in [2.05, 4.69) is 15.9 Å². The molecule has 1 aromatic carbocycles. The quantitative estimate of drug-likeness (QED) is 0.681. The number of hydrogen-bond donors (Lipinski definition) is 1. The Labute approximate surface area is 118 Å². The van der Waals surface area contributed by atoms with Crippen LogP contribution in [0.3, 0.4) is 0 Å². The number of nitro benzene ring substituents is 1. The van der Waals surface area contributed by atoms with Crippen LogP contribution >= 0.6 is 15.9 Å². The number of anilines is 1. The molecule has 7 heteroatoms. The van der Waals surface area contributed by atoms with Crippen molar-refractivity contribution in [3.05, 3.63) is 32.8 Å². The summed E-state index contributed by atoms with van der Waals surface area (Å²) in [5.74, 6) is -0.977. The Bertz CT molecular complexity index is 534. The summed E-state index contributed by atoms with van der Waals surface area (Å²) in [6.45, 7) is 2.36. The van der Waals surface area contributed by atoms with Crippen LogP contribution in [0.15, 0.2) is 22.7 Å². The molecule has 1 aliphatic heterocycles. The monoisotopic (exact) mass is 328 g/mol. The SMILES string of the molecule is CC1CCN(c2cc(Br)ccc2[N+](=O)[O-])C1C(=O)O. The molecule has 1 saturated heterocycles. The van der Waals surface area contributed by atoms with Gasteiger partial charge in [0.2, 0.25) is 0 Å². The number of aliphatic carboxylic acids is 1. The maximum atomic E-state index is 11.3. The highest BCUT2D eigenvalue weighted by Gasteiger charge is 2.39. The number of rotatable bonds is 3. The van der Waals surface area contributed by atoms with Gasteiger partial charge in [-0.1, -0.05) is 22.9 Å².